The molecule has 1 heterocycles. The fraction of sp³-hybridized carbons (Fsp3) is 0.611. The minimum atomic E-state index is -0.555. The monoisotopic (exact) mass is 351 g/mol. The van der Waals surface area contributed by atoms with E-state index in [1.807, 2.05) is 18.7 Å². The topological polar surface area (TPSA) is 20.3 Å². The Labute approximate surface area is 137 Å². The van der Waals surface area contributed by atoms with Crippen LogP contribution in [0.4, 0.5) is 5.69 Å². The number of fused-ring (bicyclic) bond motifs is 1. The molecule has 0 saturated carbocycles. The lowest BCUT2D eigenvalue weighted by Crippen LogP contribution is -2.56. The lowest BCUT2D eigenvalue weighted by Gasteiger charge is -2.48. The molecule has 0 saturated heterocycles. The number of carbonyl (C=O) groups excluding carboxylic acids is 1. The van der Waals surface area contributed by atoms with E-state index >= 15 is 0 Å². The summed E-state index contributed by atoms with van der Waals surface area (Å²) in [4.78, 5) is 15.0. The largest absolute Gasteiger partial charge is 0.305 e. The van der Waals surface area contributed by atoms with Gasteiger partial charge in [0.25, 0.3) is 0 Å². The molecule has 2 rings (SSSR count). The van der Waals surface area contributed by atoms with Gasteiger partial charge in [-0.05, 0) is 76.6 Å². The van der Waals surface area contributed by atoms with Crippen molar-refractivity contribution in [3.8, 4) is 0 Å². The molecule has 1 aromatic carbocycles. The lowest BCUT2D eigenvalue weighted by atomic mass is 9.78. The van der Waals surface area contributed by atoms with Crippen LogP contribution in [-0.4, -0.2) is 15.8 Å². The second kappa shape index (κ2) is 5.12. The standard InChI is InChI=1S/C18H26BrNO/c1-11-8-14-13(3)10-17(4,5)20(15(14)9-12(11)2)16(21)18(6,7)19/h8-9,13H,10H2,1-7H3. The quantitative estimate of drug-likeness (QED) is 0.644. The van der Waals surface area contributed by atoms with E-state index in [9.17, 15) is 4.79 Å². The van der Waals surface area contributed by atoms with Crippen LogP contribution in [0.3, 0.4) is 0 Å². The van der Waals surface area contributed by atoms with Gasteiger partial charge in [-0.3, -0.25) is 4.79 Å². The Hall–Kier alpha value is -0.830. The minimum absolute atomic E-state index is 0.129. The zero-order valence-corrected chi connectivity index (χ0v) is 15.8. The third-order valence-electron chi connectivity index (χ3n) is 4.54. The highest BCUT2D eigenvalue weighted by Crippen LogP contribution is 2.45. The predicted octanol–water partition coefficient (Wildman–Crippen LogP) is 5.10. The molecule has 0 fully saturated rings. The molecule has 1 amide bonds. The normalized spacial score (nSPS) is 21.1. The summed E-state index contributed by atoms with van der Waals surface area (Å²) in [5, 5.41) is 0. The van der Waals surface area contributed by atoms with E-state index in [1.54, 1.807) is 0 Å². The van der Waals surface area contributed by atoms with Crippen molar-refractivity contribution in [1.29, 1.82) is 0 Å². The van der Waals surface area contributed by atoms with Gasteiger partial charge in [0.15, 0.2) is 0 Å². The molecule has 1 aliphatic rings. The van der Waals surface area contributed by atoms with Gasteiger partial charge in [0.1, 0.15) is 0 Å². The van der Waals surface area contributed by atoms with E-state index < -0.39 is 4.32 Å². The number of hydrogen-bond acceptors (Lipinski definition) is 1. The van der Waals surface area contributed by atoms with Gasteiger partial charge >= 0.3 is 0 Å². The van der Waals surface area contributed by atoms with Crippen molar-refractivity contribution in [2.45, 2.75) is 70.7 Å². The number of rotatable bonds is 1. The van der Waals surface area contributed by atoms with Crippen LogP contribution in [0.15, 0.2) is 12.1 Å². The molecular weight excluding hydrogens is 326 g/mol. The van der Waals surface area contributed by atoms with Crippen molar-refractivity contribution >= 4 is 27.5 Å². The molecule has 0 N–H and O–H groups in total. The third kappa shape index (κ3) is 2.90. The van der Waals surface area contributed by atoms with E-state index in [1.165, 1.54) is 16.7 Å². The first kappa shape index (κ1) is 16.5. The van der Waals surface area contributed by atoms with Crippen LogP contribution >= 0.6 is 15.9 Å². The van der Waals surface area contributed by atoms with Crippen LogP contribution in [0.2, 0.25) is 0 Å². The van der Waals surface area contributed by atoms with Gasteiger partial charge in [-0.1, -0.05) is 28.9 Å². The maximum absolute atomic E-state index is 13.0. The van der Waals surface area contributed by atoms with Crippen molar-refractivity contribution < 1.29 is 4.79 Å². The van der Waals surface area contributed by atoms with Gasteiger partial charge in [-0.2, -0.15) is 0 Å². The highest BCUT2D eigenvalue weighted by Gasteiger charge is 2.43. The number of alkyl halides is 1. The zero-order chi connectivity index (χ0) is 16.2. The summed E-state index contributed by atoms with van der Waals surface area (Å²) in [6.45, 7) is 14.7. The van der Waals surface area contributed by atoms with E-state index in [0.717, 1.165) is 12.1 Å². The first-order chi connectivity index (χ1) is 9.45. The minimum Gasteiger partial charge on any atom is -0.305 e. The van der Waals surface area contributed by atoms with E-state index in [0.29, 0.717) is 5.92 Å². The summed E-state index contributed by atoms with van der Waals surface area (Å²) in [6, 6.07) is 4.44. The predicted molar refractivity (Wildman–Crippen MR) is 93.5 cm³/mol. The van der Waals surface area contributed by atoms with Crippen LogP contribution in [0.1, 0.15) is 63.6 Å². The van der Waals surface area contributed by atoms with Crippen LogP contribution in [-0.2, 0) is 4.79 Å². The Morgan fingerprint density at radius 3 is 2.33 bits per heavy atom. The fourth-order valence-electron chi connectivity index (χ4n) is 3.34. The number of amides is 1. The van der Waals surface area contributed by atoms with Crippen molar-refractivity contribution in [1.82, 2.24) is 0 Å². The average molecular weight is 352 g/mol. The Morgan fingerprint density at radius 1 is 1.29 bits per heavy atom. The van der Waals surface area contributed by atoms with Gasteiger partial charge in [-0.25, -0.2) is 0 Å². The number of benzene rings is 1. The summed E-state index contributed by atoms with van der Waals surface area (Å²) < 4.78 is -0.555. The Balaban J connectivity index is 2.67. The molecule has 1 atom stereocenters. The van der Waals surface area contributed by atoms with Crippen LogP contribution < -0.4 is 4.90 Å². The molecule has 0 spiro atoms. The van der Waals surface area contributed by atoms with Gasteiger partial charge in [0.05, 0.1) is 4.32 Å². The molecule has 1 unspecified atom stereocenters. The lowest BCUT2D eigenvalue weighted by molar-refractivity contribution is -0.121. The molecular formula is C18H26BrNO. The van der Waals surface area contributed by atoms with Gasteiger partial charge < -0.3 is 4.90 Å². The molecule has 2 nitrogen and oxygen atoms in total. The summed E-state index contributed by atoms with van der Waals surface area (Å²) in [6.07, 6.45) is 0.983. The highest BCUT2D eigenvalue weighted by atomic mass is 79.9. The molecule has 0 aliphatic carbocycles. The Bertz CT molecular complexity index is 584. The molecule has 0 bridgehead atoms. The van der Waals surface area contributed by atoms with Gasteiger partial charge in [0.2, 0.25) is 5.91 Å². The number of nitrogens with zero attached hydrogens (tertiary/aromatic N) is 1. The second-order valence-electron chi connectivity index (χ2n) is 7.53. The Morgan fingerprint density at radius 2 is 1.81 bits per heavy atom. The molecule has 1 aromatic rings. The number of hydrogen-bond donors (Lipinski definition) is 0. The van der Waals surface area contributed by atoms with Crippen molar-refractivity contribution in [3.63, 3.8) is 0 Å². The van der Waals surface area contributed by atoms with E-state index in [4.69, 9.17) is 0 Å². The molecule has 3 heteroatoms. The van der Waals surface area contributed by atoms with Crippen molar-refractivity contribution in [2.75, 3.05) is 4.90 Å². The zero-order valence-electron chi connectivity index (χ0n) is 14.2. The molecule has 116 valence electrons. The maximum atomic E-state index is 13.0. The third-order valence-corrected chi connectivity index (χ3v) is 4.88. The first-order valence-corrected chi connectivity index (χ1v) is 8.39. The highest BCUT2D eigenvalue weighted by molar-refractivity contribution is 9.10. The summed E-state index contributed by atoms with van der Waals surface area (Å²) in [5.74, 6) is 0.598. The molecule has 0 radical (unpaired) electrons. The molecule has 1 aliphatic heterocycles. The van der Waals surface area contributed by atoms with Crippen LogP contribution in [0.25, 0.3) is 0 Å². The fourth-order valence-corrected chi connectivity index (χ4v) is 3.52. The number of aryl methyl sites for hydroxylation is 2. The molecule has 21 heavy (non-hydrogen) atoms. The number of anilines is 1. The SMILES string of the molecule is Cc1cc2c(cc1C)N(C(=O)C(C)(C)Br)C(C)(C)CC2C. The summed E-state index contributed by atoms with van der Waals surface area (Å²) >= 11 is 3.54. The number of carbonyl (C=O) groups is 1. The average Bonchev–Trinajstić information content (AvgIpc) is 2.29. The second-order valence-corrected chi connectivity index (χ2v) is 9.51. The molecule has 0 aromatic heterocycles. The van der Waals surface area contributed by atoms with Gasteiger partial charge in [0, 0.05) is 11.2 Å². The van der Waals surface area contributed by atoms with Gasteiger partial charge in [-0.15, -0.1) is 0 Å². The summed E-state index contributed by atoms with van der Waals surface area (Å²) in [5.41, 5.74) is 4.74. The number of halogens is 1. The van der Waals surface area contributed by atoms with E-state index in [2.05, 4.69) is 62.7 Å². The maximum Gasteiger partial charge on any atom is 0.243 e. The van der Waals surface area contributed by atoms with Crippen molar-refractivity contribution in [3.05, 3.63) is 28.8 Å². The summed E-state index contributed by atoms with van der Waals surface area (Å²) in [7, 11) is 0. The van der Waals surface area contributed by atoms with Crippen LogP contribution in [0, 0.1) is 13.8 Å². The van der Waals surface area contributed by atoms with Crippen molar-refractivity contribution in [2.24, 2.45) is 0 Å². The van der Waals surface area contributed by atoms with Crippen LogP contribution in [0.5, 0.6) is 0 Å². The first-order valence-electron chi connectivity index (χ1n) is 7.60. The Kier molecular flexibility index (Phi) is 4.03. The smallest absolute Gasteiger partial charge is 0.243 e. The van der Waals surface area contributed by atoms with E-state index in [-0.39, 0.29) is 11.4 Å².